The van der Waals surface area contributed by atoms with E-state index in [4.69, 9.17) is 0 Å². The van der Waals surface area contributed by atoms with Crippen LogP contribution in [0.2, 0.25) is 0 Å². The molecule has 0 radical (unpaired) electrons. The van der Waals surface area contributed by atoms with Crippen LogP contribution in [-0.2, 0) is 11.3 Å². The zero-order valence-electron chi connectivity index (χ0n) is 8.31. The first kappa shape index (κ1) is 11.1. The molecule has 0 saturated heterocycles. The van der Waals surface area contributed by atoms with E-state index in [0.717, 1.165) is 12.1 Å². The number of benzene rings is 1. The number of hydrogen-bond acceptors (Lipinski definition) is 2. The molecule has 0 N–H and O–H groups in total. The predicted octanol–water partition coefficient (Wildman–Crippen LogP) is 1.96. The summed E-state index contributed by atoms with van der Waals surface area (Å²) in [6.07, 6.45) is 0. The Morgan fingerprint density at radius 2 is 2.00 bits per heavy atom. The van der Waals surface area contributed by atoms with E-state index in [-0.39, 0.29) is 11.7 Å². The molecule has 3 heteroatoms. The lowest BCUT2D eigenvalue weighted by atomic mass is 10.2. The summed E-state index contributed by atoms with van der Waals surface area (Å²) in [4.78, 5) is 13.2. The molecule has 0 atom stereocenters. The van der Waals surface area contributed by atoms with E-state index in [9.17, 15) is 4.79 Å². The van der Waals surface area contributed by atoms with Crippen molar-refractivity contribution in [2.75, 3.05) is 12.3 Å². The van der Waals surface area contributed by atoms with E-state index >= 15 is 0 Å². The number of carbonyl (C=O) groups excluding carboxylic acids is 1. The van der Waals surface area contributed by atoms with Crippen molar-refractivity contribution in [3.8, 4) is 0 Å². The van der Waals surface area contributed by atoms with Crippen LogP contribution in [0.4, 0.5) is 0 Å². The zero-order valence-corrected chi connectivity index (χ0v) is 9.21. The van der Waals surface area contributed by atoms with Crippen molar-refractivity contribution in [3.63, 3.8) is 0 Å². The van der Waals surface area contributed by atoms with E-state index in [1.165, 1.54) is 0 Å². The Labute approximate surface area is 90.3 Å². The Morgan fingerprint density at radius 3 is 2.50 bits per heavy atom. The first-order valence-corrected chi connectivity index (χ1v) is 5.33. The van der Waals surface area contributed by atoms with Crippen LogP contribution in [0.3, 0.4) is 0 Å². The van der Waals surface area contributed by atoms with Gasteiger partial charge in [0.1, 0.15) is 0 Å². The Balaban J connectivity index is 2.62. The normalized spacial score (nSPS) is 9.86. The van der Waals surface area contributed by atoms with Crippen LogP contribution in [0.1, 0.15) is 12.5 Å². The number of thiol groups is 1. The fourth-order valence-corrected chi connectivity index (χ4v) is 1.48. The molecule has 0 spiro atoms. The van der Waals surface area contributed by atoms with Crippen LogP contribution in [0.5, 0.6) is 0 Å². The van der Waals surface area contributed by atoms with Crippen LogP contribution in [0.15, 0.2) is 30.3 Å². The van der Waals surface area contributed by atoms with E-state index in [1.807, 2.05) is 37.3 Å². The number of amides is 1. The van der Waals surface area contributed by atoms with Gasteiger partial charge in [0.15, 0.2) is 0 Å². The van der Waals surface area contributed by atoms with Crippen molar-refractivity contribution in [1.29, 1.82) is 0 Å². The molecule has 0 saturated carbocycles. The smallest absolute Gasteiger partial charge is 0.232 e. The van der Waals surface area contributed by atoms with Crippen molar-refractivity contribution in [2.45, 2.75) is 13.5 Å². The molecule has 0 aromatic heterocycles. The summed E-state index contributed by atoms with van der Waals surface area (Å²) in [7, 11) is 0. The summed E-state index contributed by atoms with van der Waals surface area (Å²) < 4.78 is 0. The molecule has 1 aromatic carbocycles. The number of nitrogens with zero attached hydrogens (tertiary/aromatic N) is 1. The largest absolute Gasteiger partial charge is 0.338 e. The lowest BCUT2D eigenvalue weighted by molar-refractivity contribution is -0.128. The topological polar surface area (TPSA) is 20.3 Å². The molecule has 0 bridgehead atoms. The van der Waals surface area contributed by atoms with Crippen molar-refractivity contribution >= 4 is 18.5 Å². The quantitative estimate of drug-likeness (QED) is 0.752. The molecule has 0 aliphatic heterocycles. The molecule has 14 heavy (non-hydrogen) atoms. The molecular weight excluding hydrogens is 194 g/mol. The van der Waals surface area contributed by atoms with Crippen molar-refractivity contribution < 1.29 is 4.79 Å². The first-order valence-electron chi connectivity index (χ1n) is 4.70. The standard InChI is InChI=1S/C11H15NOS/c1-2-12(11(13)9-14)8-10-6-4-3-5-7-10/h3-7,14H,2,8-9H2,1H3. The van der Waals surface area contributed by atoms with E-state index in [0.29, 0.717) is 6.54 Å². The average Bonchev–Trinajstić information content (AvgIpc) is 2.26. The second-order valence-electron chi connectivity index (χ2n) is 3.05. The Hall–Kier alpha value is -0.960. The van der Waals surface area contributed by atoms with Gasteiger partial charge >= 0.3 is 0 Å². The molecule has 1 rings (SSSR count). The Kier molecular flexibility index (Phi) is 4.53. The third kappa shape index (κ3) is 3.07. The van der Waals surface area contributed by atoms with Gasteiger partial charge in [-0.2, -0.15) is 12.6 Å². The molecule has 0 aliphatic carbocycles. The second kappa shape index (κ2) is 5.70. The maximum absolute atomic E-state index is 11.4. The van der Waals surface area contributed by atoms with Crippen molar-refractivity contribution in [1.82, 2.24) is 4.90 Å². The molecule has 0 heterocycles. The van der Waals surface area contributed by atoms with E-state index in [1.54, 1.807) is 4.90 Å². The molecule has 2 nitrogen and oxygen atoms in total. The van der Waals surface area contributed by atoms with Gasteiger partial charge in [0, 0.05) is 13.1 Å². The molecule has 0 aliphatic rings. The fraction of sp³-hybridized carbons (Fsp3) is 0.364. The third-order valence-electron chi connectivity index (χ3n) is 2.09. The highest BCUT2D eigenvalue weighted by Crippen LogP contribution is 2.04. The average molecular weight is 209 g/mol. The highest BCUT2D eigenvalue weighted by molar-refractivity contribution is 7.81. The highest BCUT2D eigenvalue weighted by atomic mass is 32.1. The summed E-state index contributed by atoms with van der Waals surface area (Å²) in [5, 5.41) is 0. The summed E-state index contributed by atoms with van der Waals surface area (Å²) in [5.74, 6) is 0.361. The highest BCUT2D eigenvalue weighted by Gasteiger charge is 2.09. The van der Waals surface area contributed by atoms with E-state index < -0.39 is 0 Å². The number of hydrogen-bond donors (Lipinski definition) is 1. The van der Waals surface area contributed by atoms with Crippen LogP contribution < -0.4 is 0 Å². The lowest BCUT2D eigenvalue weighted by Gasteiger charge is -2.19. The summed E-state index contributed by atoms with van der Waals surface area (Å²) >= 11 is 3.98. The summed E-state index contributed by atoms with van der Waals surface area (Å²) in [5.41, 5.74) is 1.16. The number of carbonyl (C=O) groups is 1. The predicted molar refractivity (Wildman–Crippen MR) is 61.4 cm³/mol. The lowest BCUT2D eigenvalue weighted by Crippen LogP contribution is -2.31. The third-order valence-corrected chi connectivity index (χ3v) is 2.36. The first-order chi connectivity index (χ1) is 6.77. The maximum Gasteiger partial charge on any atom is 0.232 e. The Bertz CT molecular complexity index is 287. The van der Waals surface area contributed by atoms with Gasteiger partial charge in [-0.3, -0.25) is 4.79 Å². The van der Waals surface area contributed by atoms with E-state index in [2.05, 4.69) is 12.6 Å². The summed E-state index contributed by atoms with van der Waals surface area (Å²) in [6.45, 7) is 3.38. The molecule has 76 valence electrons. The molecule has 0 fully saturated rings. The summed E-state index contributed by atoms with van der Waals surface area (Å²) in [6, 6.07) is 9.98. The minimum Gasteiger partial charge on any atom is -0.338 e. The van der Waals surface area contributed by atoms with Gasteiger partial charge < -0.3 is 4.90 Å². The second-order valence-corrected chi connectivity index (χ2v) is 3.37. The van der Waals surface area contributed by atoms with Crippen molar-refractivity contribution in [3.05, 3.63) is 35.9 Å². The van der Waals surface area contributed by atoms with Crippen LogP contribution in [0, 0.1) is 0 Å². The van der Waals surface area contributed by atoms with Crippen molar-refractivity contribution in [2.24, 2.45) is 0 Å². The minimum atomic E-state index is 0.0830. The van der Waals surface area contributed by atoms with Gasteiger partial charge in [-0.15, -0.1) is 0 Å². The SMILES string of the molecule is CCN(Cc1ccccc1)C(=O)CS. The van der Waals surface area contributed by atoms with Gasteiger partial charge in [-0.1, -0.05) is 30.3 Å². The van der Waals surface area contributed by atoms with Gasteiger partial charge in [-0.05, 0) is 12.5 Å². The van der Waals surface area contributed by atoms with Crippen LogP contribution in [-0.4, -0.2) is 23.1 Å². The monoisotopic (exact) mass is 209 g/mol. The van der Waals surface area contributed by atoms with Gasteiger partial charge in [-0.25, -0.2) is 0 Å². The molecule has 1 amide bonds. The molecular formula is C11H15NOS. The fourth-order valence-electron chi connectivity index (χ4n) is 1.28. The molecule has 1 aromatic rings. The van der Waals surface area contributed by atoms with Gasteiger partial charge in [0.05, 0.1) is 5.75 Å². The maximum atomic E-state index is 11.4. The minimum absolute atomic E-state index is 0.0830. The Morgan fingerprint density at radius 1 is 1.36 bits per heavy atom. The molecule has 0 unspecified atom stereocenters. The zero-order chi connectivity index (χ0) is 10.4. The van der Waals surface area contributed by atoms with Crippen LogP contribution >= 0.6 is 12.6 Å². The van der Waals surface area contributed by atoms with Crippen LogP contribution in [0.25, 0.3) is 0 Å². The number of rotatable bonds is 4. The van der Waals surface area contributed by atoms with Gasteiger partial charge in [0.25, 0.3) is 0 Å². The van der Waals surface area contributed by atoms with Gasteiger partial charge in [0.2, 0.25) is 5.91 Å².